The topological polar surface area (TPSA) is 49.3 Å². The third kappa shape index (κ3) is 3.11. The van der Waals surface area contributed by atoms with Gasteiger partial charge >= 0.3 is 5.97 Å². The van der Waals surface area contributed by atoms with Gasteiger partial charge in [0.1, 0.15) is 5.54 Å². The molecule has 0 aromatic carbocycles. The molecule has 88 valence electrons. The van der Waals surface area contributed by atoms with E-state index in [0.29, 0.717) is 5.75 Å². The second-order valence-electron chi connectivity index (χ2n) is 5.15. The van der Waals surface area contributed by atoms with E-state index in [1.807, 2.05) is 0 Å². The first-order chi connectivity index (χ1) is 6.92. The predicted octanol–water partition coefficient (Wildman–Crippen LogP) is 1.97. The van der Waals surface area contributed by atoms with Crippen LogP contribution in [0.5, 0.6) is 0 Å². The van der Waals surface area contributed by atoms with E-state index < -0.39 is 11.5 Å². The molecule has 1 saturated heterocycles. The number of carboxylic acids is 1. The van der Waals surface area contributed by atoms with Crippen molar-refractivity contribution in [3.63, 3.8) is 0 Å². The van der Waals surface area contributed by atoms with Crippen molar-refractivity contribution in [3.8, 4) is 0 Å². The summed E-state index contributed by atoms with van der Waals surface area (Å²) >= 11 is 1.74. The molecule has 1 atom stereocenters. The summed E-state index contributed by atoms with van der Waals surface area (Å²) in [6.45, 7) is 7.13. The average Bonchev–Trinajstić information content (AvgIpc) is 2.13. The Labute approximate surface area is 96.0 Å². The molecule has 0 saturated carbocycles. The summed E-state index contributed by atoms with van der Waals surface area (Å²) < 4.78 is 0. The van der Waals surface area contributed by atoms with Crippen molar-refractivity contribution in [3.05, 3.63) is 0 Å². The van der Waals surface area contributed by atoms with Gasteiger partial charge in [-0.25, -0.2) is 0 Å². The fraction of sp³-hybridized carbons (Fsp3) is 0.909. The van der Waals surface area contributed by atoms with Gasteiger partial charge in [-0.2, -0.15) is 11.8 Å². The summed E-state index contributed by atoms with van der Waals surface area (Å²) in [5, 5.41) is 12.6. The Morgan fingerprint density at radius 2 is 2.13 bits per heavy atom. The van der Waals surface area contributed by atoms with Crippen molar-refractivity contribution in [1.29, 1.82) is 0 Å². The standard InChI is InChI=1S/C11H21NO2S/c1-4-5-12-11(9(13)14)6-10(2,3)7-15-8-11/h12H,4-8H2,1-3H3,(H,13,14). The molecule has 0 bridgehead atoms. The van der Waals surface area contributed by atoms with Crippen molar-refractivity contribution in [1.82, 2.24) is 5.32 Å². The Balaban J connectivity index is 2.76. The van der Waals surface area contributed by atoms with Crippen LogP contribution in [0.2, 0.25) is 0 Å². The second-order valence-corrected chi connectivity index (χ2v) is 6.13. The van der Waals surface area contributed by atoms with Crippen molar-refractivity contribution >= 4 is 17.7 Å². The van der Waals surface area contributed by atoms with Crippen LogP contribution in [0.3, 0.4) is 0 Å². The number of nitrogens with one attached hydrogen (secondary N) is 1. The minimum absolute atomic E-state index is 0.113. The Morgan fingerprint density at radius 1 is 1.47 bits per heavy atom. The first-order valence-electron chi connectivity index (χ1n) is 5.48. The number of hydrogen-bond acceptors (Lipinski definition) is 3. The van der Waals surface area contributed by atoms with Crippen LogP contribution in [0.1, 0.15) is 33.6 Å². The van der Waals surface area contributed by atoms with Crippen LogP contribution in [0.25, 0.3) is 0 Å². The van der Waals surface area contributed by atoms with Crippen molar-refractivity contribution in [2.24, 2.45) is 5.41 Å². The highest BCUT2D eigenvalue weighted by Crippen LogP contribution is 2.39. The highest BCUT2D eigenvalue weighted by Gasteiger charge is 2.45. The first-order valence-corrected chi connectivity index (χ1v) is 6.63. The van der Waals surface area contributed by atoms with Gasteiger partial charge in [0.15, 0.2) is 0 Å². The van der Waals surface area contributed by atoms with Crippen LogP contribution in [-0.4, -0.2) is 34.7 Å². The maximum Gasteiger partial charge on any atom is 0.324 e. The molecular weight excluding hydrogens is 210 g/mol. The van der Waals surface area contributed by atoms with Crippen LogP contribution >= 0.6 is 11.8 Å². The molecular formula is C11H21NO2S. The number of carbonyl (C=O) groups is 1. The van der Waals surface area contributed by atoms with Gasteiger partial charge in [0.2, 0.25) is 0 Å². The van der Waals surface area contributed by atoms with E-state index in [1.165, 1.54) is 0 Å². The average molecular weight is 231 g/mol. The van der Waals surface area contributed by atoms with E-state index in [9.17, 15) is 9.90 Å². The van der Waals surface area contributed by atoms with E-state index in [-0.39, 0.29) is 5.41 Å². The van der Waals surface area contributed by atoms with Gasteiger partial charge in [0, 0.05) is 5.75 Å². The summed E-state index contributed by atoms with van der Waals surface area (Å²) in [5.74, 6) is 1.04. The summed E-state index contributed by atoms with van der Waals surface area (Å²) in [6, 6.07) is 0. The molecule has 0 spiro atoms. The Bertz CT molecular complexity index is 243. The van der Waals surface area contributed by atoms with Gasteiger partial charge in [0.05, 0.1) is 0 Å². The van der Waals surface area contributed by atoms with Gasteiger partial charge in [0.25, 0.3) is 0 Å². The molecule has 0 aromatic rings. The zero-order chi connectivity index (χ0) is 11.5. The van der Waals surface area contributed by atoms with Gasteiger partial charge in [-0.15, -0.1) is 0 Å². The maximum atomic E-state index is 11.4. The van der Waals surface area contributed by atoms with E-state index in [1.54, 1.807) is 11.8 Å². The van der Waals surface area contributed by atoms with Gasteiger partial charge in [-0.05, 0) is 30.6 Å². The third-order valence-corrected chi connectivity index (χ3v) is 4.43. The summed E-state index contributed by atoms with van der Waals surface area (Å²) in [7, 11) is 0. The fourth-order valence-corrected chi connectivity index (χ4v) is 3.54. The summed E-state index contributed by atoms with van der Waals surface area (Å²) in [5.41, 5.74) is -0.593. The van der Waals surface area contributed by atoms with Crippen LogP contribution in [0.4, 0.5) is 0 Å². The molecule has 1 aliphatic rings. The second kappa shape index (κ2) is 4.74. The summed E-state index contributed by atoms with van der Waals surface area (Å²) in [4.78, 5) is 11.4. The van der Waals surface area contributed by atoms with Crippen molar-refractivity contribution in [2.75, 3.05) is 18.1 Å². The highest BCUT2D eigenvalue weighted by atomic mass is 32.2. The molecule has 1 aliphatic heterocycles. The Kier molecular flexibility index (Phi) is 4.06. The molecule has 1 unspecified atom stereocenters. The predicted molar refractivity (Wildman–Crippen MR) is 64.4 cm³/mol. The number of rotatable bonds is 4. The Morgan fingerprint density at radius 3 is 2.60 bits per heavy atom. The van der Waals surface area contributed by atoms with E-state index in [0.717, 1.165) is 25.1 Å². The minimum Gasteiger partial charge on any atom is -0.480 e. The SMILES string of the molecule is CCCNC1(C(=O)O)CSCC(C)(C)C1. The van der Waals surface area contributed by atoms with Crippen LogP contribution in [0, 0.1) is 5.41 Å². The zero-order valence-electron chi connectivity index (χ0n) is 9.80. The normalized spacial score (nSPS) is 30.1. The molecule has 0 amide bonds. The van der Waals surface area contributed by atoms with Crippen molar-refractivity contribution < 1.29 is 9.90 Å². The fourth-order valence-electron chi connectivity index (χ4n) is 2.11. The van der Waals surface area contributed by atoms with E-state index >= 15 is 0 Å². The number of carboxylic acid groups (broad SMARTS) is 1. The monoisotopic (exact) mass is 231 g/mol. The third-order valence-electron chi connectivity index (χ3n) is 2.74. The van der Waals surface area contributed by atoms with Gasteiger partial charge in [-0.3, -0.25) is 4.79 Å². The van der Waals surface area contributed by atoms with Gasteiger partial charge in [-0.1, -0.05) is 20.8 Å². The molecule has 15 heavy (non-hydrogen) atoms. The first kappa shape index (κ1) is 12.8. The number of thioether (sulfide) groups is 1. The highest BCUT2D eigenvalue weighted by molar-refractivity contribution is 7.99. The van der Waals surface area contributed by atoms with Crippen LogP contribution < -0.4 is 5.32 Å². The lowest BCUT2D eigenvalue weighted by Crippen LogP contribution is -2.59. The molecule has 3 nitrogen and oxygen atoms in total. The lowest BCUT2D eigenvalue weighted by atomic mass is 9.79. The maximum absolute atomic E-state index is 11.4. The largest absolute Gasteiger partial charge is 0.480 e. The quantitative estimate of drug-likeness (QED) is 0.776. The van der Waals surface area contributed by atoms with Crippen molar-refractivity contribution in [2.45, 2.75) is 39.2 Å². The molecule has 4 heteroatoms. The molecule has 1 rings (SSSR count). The zero-order valence-corrected chi connectivity index (χ0v) is 10.6. The lowest BCUT2D eigenvalue weighted by Gasteiger charge is -2.42. The van der Waals surface area contributed by atoms with E-state index in [4.69, 9.17) is 0 Å². The molecule has 1 heterocycles. The van der Waals surface area contributed by atoms with Crippen LogP contribution in [-0.2, 0) is 4.79 Å². The molecule has 2 N–H and O–H groups in total. The van der Waals surface area contributed by atoms with Gasteiger partial charge < -0.3 is 10.4 Å². The Hall–Kier alpha value is -0.220. The molecule has 0 aliphatic carbocycles. The number of aliphatic carboxylic acids is 1. The molecule has 0 aromatic heterocycles. The lowest BCUT2D eigenvalue weighted by molar-refractivity contribution is -0.145. The molecule has 1 fully saturated rings. The van der Waals surface area contributed by atoms with Crippen LogP contribution in [0.15, 0.2) is 0 Å². The minimum atomic E-state index is -0.706. The molecule has 0 radical (unpaired) electrons. The summed E-state index contributed by atoms with van der Waals surface area (Å²) in [6.07, 6.45) is 1.70. The smallest absolute Gasteiger partial charge is 0.324 e. The number of hydrogen-bond donors (Lipinski definition) is 2. The van der Waals surface area contributed by atoms with E-state index in [2.05, 4.69) is 26.1 Å².